The highest BCUT2D eigenvalue weighted by Crippen LogP contribution is 2.25. The smallest absolute Gasteiger partial charge is 0.180 e. The minimum absolute atomic E-state index is 0.109. The monoisotopic (exact) mass is 304 g/mol. The molecule has 0 spiro atoms. The molecule has 2 rings (SSSR count). The quantitative estimate of drug-likeness (QED) is 0.823. The second-order valence-electron chi connectivity index (χ2n) is 4.86. The molecule has 1 aromatic carbocycles. The number of hydrogen-bond acceptors (Lipinski definition) is 4. The maximum atomic E-state index is 12.2. The molecule has 1 heterocycles. The Bertz CT molecular complexity index is 684. The molecule has 0 bridgehead atoms. The lowest BCUT2D eigenvalue weighted by Crippen LogP contribution is -2.23. The number of nitrogens with zero attached hydrogens (tertiary/aromatic N) is 2. The molecular weight excluding hydrogens is 284 g/mol. The predicted molar refractivity (Wildman–Crippen MR) is 85.4 cm³/mol. The number of pyridine rings is 1. The van der Waals surface area contributed by atoms with Crippen LogP contribution < -0.4 is 4.90 Å². The summed E-state index contributed by atoms with van der Waals surface area (Å²) in [6, 6.07) is 13.0. The average molecular weight is 304 g/mol. The van der Waals surface area contributed by atoms with E-state index in [0.29, 0.717) is 11.4 Å². The van der Waals surface area contributed by atoms with Gasteiger partial charge in [-0.25, -0.2) is 8.42 Å². The second kappa shape index (κ2) is 6.72. The minimum atomic E-state index is -3.21. The van der Waals surface area contributed by atoms with Gasteiger partial charge >= 0.3 is 0 Å². The van der Waals surface area contributed by atoms with Crippen molar-refractivity contribution in [3.63, 3.8) is 0 Å². The molecule has 0 atom stereocenters. The summed E-state index contributed by atoms with van der Waals surface area (Å²) in [6.45, 7) is 2.38. The first-order valence-electron chi connectivity index (χ1n) is 6.97. The van der Waals surface area contributed by atoms with Gasteiger partial charge in [0.1, 0.15) is 0 Å². The molecule has 0 radical (unpaired) electrons. The van der Waals surface area contributed by atoms with Gasteiger partial charge in [0.2, 0.25) is 0 Å². The van der Waals surface area contributed by atoms with Gasteiger partial charge in [0.15, 0.2) is 9.84 Å². The van der Waals surface area contributed by atoms with Crippen LogP contribution in [0.4, 0.5) is 5.69 Å². The lowest BCUT2D eigenvalue weighted by molar-refractivity contribution is 0.597. The number of benzene rings is 1. The van der Waals surface area contributed by atoms with Gasteiger partial charge in [-0.3, -0.25) is 4.98 Å². The Kier molecular flexibility index (Phi) is 4.96. The highest BCUT2D eigenvalue weighted by atomic mass is 32.2. The molecule has 0 saturated carbocycles. The van der Waals surface area contributed by atoms with Gasteiger partial charge < -0.3 is 4.90 Å². The molecule has 2 aromatic rings. The molecule has 0 fully saturated rings. The van der Waals surface area contributed by atoms with E-state index >= 15 is 0 Å². The molecule has 0 saturated heterocycles. The molecule has 0 aliphatic rings. The highest BCUT2D eigenvalue weighted by Gasteiger charge is 2.18. The van der Waals surface area contributed by atoms with E-state index in [4.69, 9.17) is 0 Å². The van der Waals surface area contributed by atoms with Crippen molar-refractivity contribution < 1.29 is 8.42 Å². The van der Waals surface area contributed by atoms with Crippen molar-refractivity contribution in [3.8, 4) is 0 Å². The van der Waals surface area contributed by atoms with Crippen molar-refractivity contribution in [2.75, 3.05) is 24.2 Å². The van der Waals surface area contributed by atoms with Crippen LogP contribution in [0.3, 0.4) is 0 Å². The van der Waals surface area contributed by atoms with E-state index in [1.165, 1.54) is 0 Å². The molecular formula is C16H20N2O2S. The topological polar surface area (TPSA) is 50.3 Å². The number of anilines is 1. The van der Waals surface area contributed by atoms with E-state index in [-0.39, 0.29) is 5.75 Å². The Morgan fingerprint density at radius 1 is 1.10 bits per heavy atom. The lowest BCUT2D eigenvalue weighted by Gasteiger charge is -2.22. The maximum Gasteiger partial charge on any atom is 0.180 e. The molecule has 1 aromatic heterocycles. The number of sulfone groups is 1. The van der Waals surface area contributed by atoms with Crippen LogP contribution in [0.2, 0.25) is 0 Å². The summed E-state index contributed by atoms with van der Waals surface area (Å²) in [7, 11) is -1.30. The summed E-state index contributed by atoms with van der Waals surface area (Å²) in [5.41, 5.74) is 1.75. The van der Waals surface area contributed by atoms with Crippen molar-refractivity contribution in [2.24, 2.45) is 0 Å². The summed E-state index contributed by atoms with van der Waals surface area (Å²) in [6.07, 6.45) is 2.54. The van der Waals surface area contributed by atoms with Gasteiger partial charge in [-0.1, -0.05) is 25.1 Å². The van der Waals surface area contributed by atoms with E-state index in [9.17, 15) is 8.42 Å². The van der Waals surface area contributed by atoms with E-state index in [2.05, 4.69) is 4.98 Å². The molecule has 112 valence electrons. The first-order chi connectivity index (χ1) is 10.0. The Hall–Kier alpha value is -1.88. The van der Waals surface area contributed by atoms with Crippen LogP contribution in [0.1, 0.15) is 12.6 Å². The summed E-state index contributed by atoms with van der Waals surface area (Å²) in [4.78, 5) is 6.66. The predicted octanol–water partition coefficient (Wildman–Crippen LogP) is 2.55. The van der Waals surface area contributed by atoms with E-state index < -0.39 is 9.84 Å². The zero-order chi connectivity index (χ0) is 15.3. The largest absolute Gasteiger partial charge is 0.373 e. The molecule has 0 amide bonds. The number of aromatic nitrogens is 1. The van der Waals surface area contributed by atoms with Crippen LogP contribution in [-0.4, -0.2) is 32.7 Å². The highest BCUT2D eigenvalue weighted by molar-refractivity contribution is 7.91. The SMILES string of the molecule is CCS(=O)(=O)c1ccccc1N(C)CCc1ccccn1. The van der Waals surface area contributed by atoms with Gasteiger partial charge in [-0.15, -0.1) is 0 Å². The van der Waals surface area contributed by atoms with Gasteiger partial charge in [-0.05, 0) is 24.3 Å². The third-order valence-corrected chi connectivity index (χ3v) is 5.20. The molecule has 0 N–H and O–H groups in total. The number of rotatable bonds is 6. The Labute approximate surface area is 126 Å². The Morgan fingerprint density at radius 2 is 1.81 bits per heavy atom. The van der Waals surface area contributed by atoms with Crippen molar-refractivity contribution in [2.45, 2.75) is 18.2 Å². The van der Waals surface area contributed by atoms with Gasteiger partial charge in [-0.2, -0.15) is 0 Å². The van der Waals surface area contributed by atoms with Gasteiger partial charge in [0.05, 0.1) is 16.3 Å². The van der Waals surface area contributed by atoms with E-state index in [1.807, 2.05) is 42.3 Å². The third-order valence-electron chi connectivity index (χ3n) is 3.42. The fourth-order valence-electron chi connectivity index (χ4n) is 2.14. The molecule has 0 aliphatic carbocycles. The molecule has 4 nitrogen and oxygen atoms in total. The number of hydrogen-bond donors (Lipinski definition) is 0. The van der Waals surface area contributed by atoms with Crippen LogP contribution in [-0.2, 0) is 16.3 Å². The van der Waals surface area contributed by atoms with Crippen LogP contribution in [0.25, 0.3) is 0 Å². The molecule has 0 aliphatic heterocycles. The standard InChI is InChI=1S/C16H20N2O2S/c1-3-21(19,20)16-10-5-4-9-15(16)18(2)13-11-14-8-6-7-12-17-14/h4-10,12H,3,11,13H2,1-2H3. The van der Waals surface area contributed by atoms with Gasteiger partial charge in [0.25, 0.3) is 0 Å². The first kappa shape index (κ1) is 15.5. The average Bonchev–Trinajstić information content (AvgIpc) is 2.53. The summed E-state index contributed by atoms with van der Waals surface area (Å²) >= 11 is 0. The maximum absolute atomic E-state index is 12.2. The summed E-state index contributed by atoms with van der Waals surface area (Å²) < 4.78 is 24.3. The normalized spacial score (nSPS) is 11.3. The first-order valence-corrected chi connectivity index (χ1v) is 8.62. The summed E-state index contributed by atoms with van der Waals surface area (Å²) in [5, 5.41) is 0. The van der Waals surface area contributed by atoms with Crippen LogP contribution in [0.15, 0.2) is 53.6 Å². The van der Waals surface area contributed by atoms with Crippen molar-refractivity contribution in [1.29, 1.82) is 0 Å². The zero-order valence-electron chi connectivity index (χ0n) is 12.4. The fraction of sp³-hybridized carbons (Fsp3) is 0.312. The Morgan fingerprint density at radius 3 is 2.48 bits per heavy atom. The number of likely N-dealkylation sites (N-methyl/N-ethyl adjacent to an activating group) is 1. The zero-order valence-corrected chi connectivity index (χ0v) is 13.2. The second-order valence-corrected chi connectivity index (χ2v) is 7.11. The van der Waals surface area contributed by atoms with Crippen LogP contribution in [0, 0.1) is 0 Å². The van der Waals surface area contributed by atoms with Crippen molar-refractivity contribution in [3.05, 3.63) is 54.4 Å². The van der Waals surface area contributed by atoms with E-state index in [1.54, 1.807) is 25.3 Å². The molecule has 0 unspecified atom stereocenters. The van der Waals surface area contributed by atoms with Crippen molar-refractivity contribution in [1.82, 2.24) is 4.98 Å². The summed E-state index contributed by atoms with van der Waals surface area (Å²) in [5.74, 6) is 0.109. The van der Waals surface area contributed by atoms with Gasteiger partial charge in [0, 0.05) is 31.9 Å². The third kappa shape index (κ3) is 3.82. The Balaban J connectivity index is 2.18. The van der Waals surface area contributed by atoms with Crippen LogP contribution in [0.5, 0.6) is 0 Å². The molecule has 5 heteroatoms. The molecule has 21 heavy (non-hydrogen) atoms. The number of para-hydroxylation sites is 1. The van der Waals surface area contributed by atoms with E-state index in [0.717, 1.165) is 17.8 Å². The van der Waals surface area contributed by atoms with Crippen LogP contribution >= 0.6 is 0 Å². The minimum Gasteiger partial charge on any atom is -0.373 e. The lowest BCUT2D eigenvalue weighted by atomic mass is 10.2. The van der Waals surface area contributed by atoms with Crippen molar-refractivity contribution >= 4 is 15.5 Å². The fourth-order valence-corrected chi connectivity index (χ4v) is 3.28.